The van der Waals surface area contributed by atoms with E-state index in [4.69, 9.17) is 20.8 Å². The highest BCUT2D eigenvalue weighted by molar-refractivity contribution is 6.29. The van der Waals surface area contributed by atoms with E-state index in [2.05, 4.69) is 4.98 Å². The number of hydrogen-bond donors (Lipinski definition) is 0. The normalized spacial score (nSPS) is 10.5. The van der Waals surface area contributed by atoms with E-state index in [0.29, 0.717) is 10.9 Å². The van der Waals surface area contributed by atoms with Gasteiger partial charge < -0.3 is 13.7 Å². The predicted octanol–water partition coefficient (Wildman–Crippen LogP) is 2.90. The van der Waals surface area contributed by atoms with Crippen LogP contribution in [0, 0.1) is 0 Å². The molecule has 0 bridgehead atoms. The molecule has 0 amide bonds. The molecule has 0 unspecified atom stereocenters. The van der Waals surface area contributed by atoms with Gasteiger partial charge in [-0.1, -0.05) is 23.7 Å². The molecular weight excluding hydrogens is 332 g/mol. The SMILES string of the molecule is O=C(OCc1ccc(Cl)nc1)c1ccc(Cn2ccccc2=O)o1. The molecule has 0 aliphatic carbocycles. The summed E-state index contributed by atoms with van der Waals surface area (Å²) in [7, 11) is 0. The molecule has 3 aromatic rings. The van der Waals surface area contributed by atoms with Crippen LogP contribution in [-0.4, -0.2) is 15.5 Å². The smallest absolute Gasteiger partial charge is 0.374 e. The van der Waals surface area contributed by atoms with E-state index in [1.54, 1.807) is 36.5 Å². The van der Waals surface area contributed by atoms with Crippen molar-refractivity contribution in [3.8, 4) is 0 Å². The van der Waals surface area contributed by atoms with Crippen molar-refractivity contribution in [2.45, 2.75) is 13.2 Å². The third kappa shape index (κ3) is 3.91. The Hall–Kier alpha value is -2.86. The van der Waals surface area contributed by atoms with Gasteiger partial charge in [-0.3, -0.25) is 4.79 Å². The van der Waals surface area contributed by atoms with Crippen LogP contribution in [0.15, 0.2) is 64.1 Å². The maximum Gasteiger partial charge on any atom is 0.374 e. The van der Waals surface area contributed by atoms with Gasteiger partial charge in [0.15, 0.2) is 0 Å². The summed E-state index contributed by atoms with van der Waals surface area (Å²) >= 11 is 5.69. The molecule has 7 heteroatoms. The van der Waals surface area contributed by atoms with Gasteiger partial charge in [0.2, 0.25) is 5.76 Å². The second-order valence-corrected chi connectivity index (χ2v) is 5.39. The van der Waals surface area contributed by atoms with E-state index in [9.17, 15) is 9.59 Å². The lowest BCUT2D eigenvalue weighted by Gasteiger charge is -2.03. The summed E-state index contributed by atoms with van der Waals surface area (Å²) in [6.07, 6.45) is 3.18. The molecular formula is C17H13ClN2O4. The first-order chi connectivity index (χ1) is 11.6. The topological polar surface area (TPSA) is 74.3 Å². The van der Waals surface area contributed by atoms with Crippen molar-refractivity contribution in [3.63, 3.8) is 0 Å². The summed E-state index contributed by atoms with van der Waals surface area (Å²) in [5, 5.41) is 0.372. The highest BCUT2D eigenvalue weighted by atomic mass is 35.5. The summed E-state index contributed by atoms with van der Waals surface area (Å²) in [6, 6.07) is 11.4. The average molecular weight is 345 g/mol. The second-order valence-electron chi connectivity index (χ2n) is 5.00. The third-order valence-corrected chi connectivity index (χ3v) is 3.47. The molecule has 3 rings (SSSR count). The number of nitrogens with zero attached hydrogens (tertiary/aromatic N) is 2. The number of aromatic nitrogens is 2. The number of rotatable bonds is 5. The lowest BCUT2D eigenvalue weighted by Crippen LogP contribution is -2.17. The Morgan fingerprint density at radius 2 is 2.08 bits per heavy atom. The zero-order valence-corrected chi connectivity index (χ0v) is 13.3. The molecule has 0 aliphatic heterocycles. The van der Waals surface area contributed by atoms with Crippen molar-refractivity contribution in [1.29, 1.82) is 0 Å². The molecule has 0 fully saturated rings. The number of halogens is 1. The van der Waals surface area contributed by atoms with Crippen LogP contribution in [-0.2, 0) is 17.9 Å². The maximum atomic E-state index is 12.0. The molecule has 0 atom stereocenters. The molecule has 3 heterocycles. The minimum Gasteiger partial charge on any atom is -0.455 e. The number of carbonyl (C=O) groups is 1. The molecule has 6 nitrogen and oxygen atoms in total. The largest absolute Gasteiger partial charge is 0.455 e. The van der Waals surface area contributed by atoms with Gasteiger partial charge in [0.1, 0.15) is 17.5 Å². The van der Waals surface area contributed by atoms with Crippen LogP contribution in [0.3, 0.4) is 0 Å². The number of ether oxygens (including phenoxy) is 1. The van der Waals surface area contributed by atoms with Gasteiger partial charge in [0.25, 0.3) is 5.56 Å². The Bertz CT molecular complexity index is 899. The maximum absolute atomic E-state index is 12.0. The highest BCUT2D eigenvalue weighted by Gasteiger charge is 2.13. The van der Waals surface area contributed by atoms with Gasteiger partial charge in [-0.15, -0.1) is 0 Å². The van der Waals surface area contributed by atoms with Crippen LogP contribution in [0.2, 0.25) is 5.15 Å². The molecule has 3 aromatic heterocycles. The van der Waals surface area contributed by atoms with E-state index in [1.807, 2.05) is 0 Å². The van der Waals surface area contributed by atoms with Crippen molar-refractivity contribution < 1.29 is 13.9 Å². The molecule has 0 saturated carbocycles. The molecule has 0 N–H and O–H groups in total. The van der Waals surface area contributed by atoms with E-state index in [0.717, 1.165) is 5.56 Å². The van der Waals surface area contributed by atoms with Crippen molar-refractivity contribution in [2.24, 2.45) is 0 Å². The van der Waals surface area contributed by atoms with E-state index in [-0.39, 0.29) is 24.5 Å². The monoisotopic (exact) mass is 344 g/mol. The van der Waals surface area contributed by atoms with Crippen molar-refractivity contribution in [3.05, 3.63) is 87.4 Å². The van der Waals surface area contributed by atoms with Crippen LogP contribution >= 0.6 is 11.6 Å². The van der Waals surface area contributed by atoms with Gasteiger partial charge in [-0.2, -0.15) is 0 Å². The molecule has 0 saturated heterocycles. The molecule has 0 aliphatic rings. The lowest BCUT2D eigenvalue weighted by atomic mass is 10.3. The average Bonchev–Trinajstić information content (AvgIpc) is 3.05. The van der Waals surface area contributed by atoms with Gasteiger partial charge in [-0.05, 0) is 24.3 Å². The van der Waals surface area contributed by atoms with Crippen LogP contribution in [0.25, 0.3) is 0 Å². The molecule has 24 heavy (non-hydrogen) atoms. The van der Waals surface area contributed by atoms with E-state index < -0.39 is 5.97 Å². The summed E-state index contributed by atoms with van der Waals surface area (Å²) < 4.78 is 12.1. The minimum absolute atomic E-state index is 0.0666. The van der Waals surface area contributed by atoms with E-state index in [1.165, 1.54) is 22.9 Å². The molecule has 0 aromatic carbocycles. The van der Waals surface area contributed by atoms with Gasteiger partial charge in [0, 0.05) is 24.0 Å². The standard InChI is InChI=1S/C17H13ClN2O4/c18-15-7-4-12(9-19-15)11-23-17(22)14-6-5-13(24-14)10-20-8-2-1-3-16(20)21/h1-9H,10-11H2. The Morgan fingerprint density at radius 3 is 2.83 bits per heavy atom. The van der Waals surface area contributed by atoms with Crippen molar-refractivity contribution in [2.75, 3.05) is 0 Å². The molecule has 122 valence electrons. The number of hydrogen-bond acceptors (Lipinski definition) is 5. The summed E-state index contributed by atoms with van der Waals surface area (Å²) in [5.41, 5.74) is 0.573. The first-order valence-electron chi connectivity index (χ1n) is 7.13. The van der Waals surface area contributed by atoms with Gasteiger partial charge >= 0.3 is 5.97 Å². The Kier molecular flexibility index (Phi) is 4.77. The lowest BCUT2D eigenvalue weighted by molar-refractivity contribution is 0.0433. The van der Waals surface area contributed by atoms with Crippen LogP contribution in [0.4, 0.5) is 0 Å². The van der Waals surface area contributed by atoms with Crippen LogP contribution in [0.1, 0.15) is 21.9 Å². The fourth-order valence-corrected chi connectivity index (χ4v) is 2.16. The Labute approximate surface area is 142 Å². The van der Waals surface area contributed by atoms with Crippen LogP contribution < -0.4 is 5.56 Å². The van der Waals surface area contributed by atoms with Crippen molar-refractivity contribution in [1.82, 2.24) is 9.55 Å². The summed E-state index contributed by atoms with van der Waals surface area (Å²) in [6.45, 7) is 0.311. The zero-order chi connectivity index (χ0) is 16.9. The fraction of sp³-hybridized carbons (Fsp3) is 0.118. The molecule has 0 radical (unpaired) electrons. The minimum atomic E-state index is -0.586. The fourth-order valence-electron chi connectivity index (χ4n) is 2.04. The molecule has 0 spiro atoms. The summed E-state index contributed by atoms with van der Waals surface area (Å²) in [4.78, 5) is 27.6. The van der Waals surface area contributed by atoms with E-state index >= 15 is 0 Å². The second kappa shape index (κ2) is 7.14. The Morgan fingerprint density at radius 1 is 1.21 bits per heavy atom. The highest BCUT2D eigenvalue weighted by Crippen LogP contribution is 2.12. The summed E-state index contributed by atoms with van der Waals surface area (Å²) in [5.74, 6) is -0.0177. The number of furan rings is 1. The van der Waals surface area contributed by atoms with Crippen LogP contribution in [0.5, 0.6) is 0 Å². The number of esters is 1. The van der Waals surface area contributed by atoms with Gasteiger partial charge in [-0.25, -0.2) is 9.78 Å². The third-order valence-electron chi connectivity index (χ3n) is 3.25. The predicted molar refractivity (Wildman–Crippen MR) is 86.9 cm³/mol. The zero-order valence-electron chi connectivity index (χ0n) is 12.5. The first kappa shape index (κ1) is 16.0. The Balaban J connectivity index is 1.62. The number of carbonyl (C=O) groups excluding carboxylic acids is 1. The van der Waals surface area contributed by atoms with Crippen molar-refractivity contribution >= 4 is 17.6 Å². The number of pyridine rings is 2. The van der Waals surface area contributed by atoms with Gasteiger partial charge in [0.05, 0.1) is 6.54 Å². The quantitative estimate of drug-likeness (QED) is 0.525. The first-order valence-corrected chi connectivity index (χ1v) is 7.51.